The molecule has 4 nitrogen and oxygen atoms in total. The Kier molecular flexibility index (Phi) is 4.66. The maximum Gasteiger partial charge on any atom is 0.243 e. The minimum Gasteiger partial charge on any atom is -0.381 e. The van der Waals surface area contributed by atoms with Gasteiger partial charge in [-0.05, 0) is 43.5 Å². The highest BCUT2D eigenvalue weighted by Crippen LogP contribution is 2.25. The van der Waals surface area contributed by atoms with Crippen LogP contribution >= 0.6 is 15.9 Å². The molecule has 19 heavy (non-hydrogen) atoms. The number of hydrogen-bond acceptors (Lipinski definition) is 3. The summed E-state index contributed by atoms with van der Waals surface area (Å²) in [5, 5.41) is 0. The summed E-state index contributed by atoms with van der Waals surface area (Å²) < 4.78 is 32.8. The second-order valence-corrected chi connectivity index (χ2v) is 7.54. The molecule has 1 aromatic rings. The lowest BCUT2D eigenvalue weighted by Crippen LogP contribution is -2.40. The molecule has 6 heteroatoms. The number of aryl methyl sites for hydroxylation is 1. The molecule has 0 N–H and O–H groups in total. The van der Waals surface area contributed by atoms with E-state index in [1.165, 1.54) is 0 Å². The number of methoxy groups -OCH3 is 1. The van der Waals surface area contributed by atoms with Gasteiger partial charge in [0.15, 0.2) is 0 Å². The molecular weight excluding hydrogens is 330 g/mol. The summed E-state index contributed by atoms with van der Waals surface area (Å²) in [4.78, 5) is 0.365. The van der Waals surface area contributed by atoms with Crippen LogP contribution in [0.4, 0.5) is 0 Å². The van der Waals surface area contributed by atoms with E-state index in [2.05, 4.69) is 15.9 Å². The van der Waals surface area contributed by atoms with Gasteiger partial charge < -0.3 is 4.74 Å². The summed E-state index contributed by atoms with van der Waals surface area (Å²) in [6.07, 6.45) is 1.69. The Labute approximate surface area is 122 Å². The summed E-state index contributed by atoms with van der Waals surface area (Å²) in [5.41, 5.74) is 0.924. The number of hydrogen-bond donors (Lipinski definition) is 0. The van der Waals surface area contributed by atoms with Gasteiger partial charge in [-0.3, -0.25) is 0 Å². The van der Waals surface area contributed by atoms with Gasteiger partial charge in [-0.25, -0.2) is 8.42 Å². The van der Waals surface area contributed by atoms with Crippen LogP contribution in [0.2, 0.25) is 0 Å². The molecule has 106 valence electrons. The Morgan fingerprint density at radius 2 is 1.95 bits per heavy atom. The van der Waals surface area contributed by atoms with E-state index in [4.69, 9.17) is 4.74 Å². The fourth-order valence-corrected chi connectivity index (χ4v) is 4.04. The van der Waals surface area contributed by atoms with E-state index in [0.717, 1.165) is 22.9 Å². The molecule has 1 saturated heterocycles. The van der Waals surface area contributed by atoms with E-state index >= 15 is 0 Å². The second kappa shape index (κ2) is 5.91. The molecule has 1 aromatic carbocycles. The van der Waals surface area contributed by atoms with Gasteiger partial charge in [0.1, 0.15) is 0 Å². The highest BCUT2D eigenvalue weighted by Gasteiger charge is 2.29. The number of rotatable bonds is 3. The lowest BCUT2D eigenvalue weighted by Gasteiger charge is -2.30. The van der Waals surface area contributed by atoms with Crippen LogP contribution < -0.4 is 0 Å². The van der Waals surface area contributed by atoms with Crippen LogP contribution in [-0.2, 0) is 14.8 Å². The summed E-state index contributed by atoms with van der Waals surface area (Å²) in [7, 11) is -1.70. The zero-order chi connectivity index (χ0) is 14.0. The molecule has 0 aliphatic carbocycles. The SMILES string of the molecule is COC1CCN(S(=O)(=O)c2ccc(Br)c(C)c2)CC1. The second-order valence-electron chi connectivity index (χ2n) is 4.75. The maximum absolute atomic E-state index is 12.5. The van der Waals surface area contributed by atoms with Crippen LogP contribution in [0.3, 0.4) is 0 Å². The summed E-state index contributed by atoms with van der Waals surface area (Å²) >= 11 is 3.38. The first kappa shape index (κ1) is 15.0. The van der Waals surface area contributed by atoms with Crippen molar-refractivity contribution in [3.8, 4) is 0 Å². The van der Waals surface area contributed by atoms with Crippen molar-refractivity contribution in [2.75, 3.05) is 20.2 Å². The molecule has 0 amide bonds. The average molecular weight is 348 g/mol. The minimum atomic E-state index is -3.38. The molecule has 0 unspecified atom stereocenters. The first-order valence-electron chi connectivity index (χ1n) is 6.24. The number of sulfonamides is 1. The zero-order valence-electron chi connectivity index (χ0n) is 11.1. The van der Waals surface area contributed by atoms with Crippen molar-refractivity contribution < 1.29 is 13.2 Å². The molecule has 0 saturated carbocycles. The van der Waals surface area contributed by atoms with E-state index in [0.29, 0.717) is 18.0 Å². The number of halogens is 1. The van der Waals surface area contributed by atoms with E-state index in [9.17, 15) is 8.42 Å². The van der Waals surface area contributed by atoms with E-state index < -0.39 is 10.0 Å². The summed E-state index contributed by atoms with van der Waals surface area (Å²) in [6, 6.07) is 5.14. The van der Waals surface area contributed by atoms with Crippen LogP contribution in [0.15, 0.2) is 27.6 Å². The molecule has 0 spiro atoms. The number of piperidine rings is 1. The molecule has 0 radical (unpaired) electrons. The van der Waals surface area contributed by atoms with E-state index in [1.807, 2.05) is 6.92 Å². The van der Waals surface area contributed by atoms with Crippen molar-refractivity contribution in [1.82, 2.24) is 4.31 Å². The quantitative estimate of drug-likeness (QED) is 0.844. The summed E-state index contributed by atoms with van der Waals surface area (Å²) in [5.74, 6) is 0. The fraction of sp³-hybridized carbons (Fsp3) is 0.538. The number of ether oxygens (including phenoxy) is 1. The summed E-state index contributed by atoms with van der Waals surface area (Å²) in [6.45, 7) is 2.94. The monoisotopic (exact) mass is 347 g/mol. The van der Waals surface area contributed by atoms with Crippen molar-refractivity contribution in [1.29, 1.82) is 0 Å². The molecular formula is C13H18BrNO3S. The maximum atomic E-state index is 12.5. The Morgan fingerprint density at radius 1 is 1.32 bits per heavy atom. The number of benzene rings is 1. The highest BCUT2D eigenvalue weighted by atomic mass is 79.9. The standard InChI is InChI=1S/C13H18BrNO3S/c1-10-9-12(3-4-13(10)14)19(16,17)15-7-5-11(18-2)6-8-15/h3-4,9,11H,5-8H2,1-2H3. The lowest BCUT2D eigenvalue weighted by atomic mass is 10.1. The van der Waals surface area contributed by atoms with Gasteiger partial charge in [0.2, 0.25) is 10.0 Å². The Morgan fingerprint density at radius 3 is 2.47 bits per heavy atom. The molecule has 2 rings (SSSR count). The zero-order valence-corrected chi connectivity index (χ0v) is 13.5. The van der Waals surface area contributed by atoms with Gasteiger partial charge in [0, 0.05) is 24.7 Å². The molecule has 1 heterocycles. The van der Waals surface area contributed by atoms with Crippen molar-refractivity contribution >= 4 is 26.0 Å². The predicted octanol–water partition coefficient (Wildman–Crippen LogP) is 2.56. The first-order valence-corrected chi connectivity index (χ1v) is 8.47. The van der Waals surface area contributed by atoms with Gasteiger partial charge >= 0.3 is 0 Å². The average Bonchev–Trinajstić information content (AvgIpc) is 2.41. The van der Waals surface area contributed by atoms with Gasteiger partial charge in [-0.2, -0.15) is 4.31 Å². The molecule has 0 aromatic heterocycles. The van der Waals surface area contributed by atoms with Crippen LogP contribution in [0.1, 0.15) is 18.4 Å². The molecule has 1 aliphatic rings. The first-order chi connectivity index (χ1) is 8.95. The third-order valence-corrected chi connectivity index (χ3v) is 6.29. The van der Waals surface area contributed by atoms with Crippen LogP contribution in [0, 0.1) is 6.92 Å². The lowest BCUT2D eigenvalue weighted by molar-refractivity contribution is 0.0604. The van der Waals surface area contributed by atoms with Crippen LogP contribution in [0.5, 0.6) is 0 Å². The smallest absolute Gasteiger partial charge is 0.243 e. The van der Waals surface area contributed by atoms with E-state index in [-0.39, 0.29) is 6.10 Å². The molecule has 1 aliphatic heterocycles. The third-order valence-electron chi connectivity index (χ3n) is 3.50. The van der Waals surface area contributed by atoms with Crippen LogP contribution in [-0.4, -0.2) is 39.0 Å². The minimum absolute atomic E-state index is 0.179. The Hall–Kier alpha value is -0.430. The van der Waals surface area contributed by atoms with Gasteiger partial charge in [-0.1, -0.05) is 15.9 Å². The topological polar surface area (TPSA) is 46.6 Å². The van der Waals surface area contributed by atoms with Gasteiger partial charge in [0.25, 0.3) is 0 Å². The van der Waals surface area contributed by atoms with E-state index in [1.54, 1.807) is 29.6 Å². The van der Waals surface area contributed by atoms with Crippen LogP contribution in [0.25, 0.3) is 0 Å². The van der Waals surface area contributed by atoms with Crippen molar-refractivity contribution in [2.24, 2.45) is 0 Å². The van der Waals surface area contributed by atoms with Crippen molar-refractivity contribution in [2.45, 2.75) is 30.8 Å². The molecule has 0 bridgehead atoms. The largest absolute Gasteiger partial charge is 0.381 e. The highest BCUT2D eigenvalue weighted by molar-refractivity contribution is 9.10. The Balaban J connectivity index is 2.21. The normalized spacial score (nSPS) is 18.7. The van der Waals surface area contributed by atoms with Gasteiger partial charge in [0.05, 0.1) is 11.0 Å². The third kappa shape index (κ3) is 3.18. The van der Waals surface area contributed by atoms with Crippen molar-refractivity contribution in [3.05, 3.63) is 28.2 Å². The molecule has 1 fully saturated rings. The number of nitrogens with zero attached hydrogens (tertiary/aromatic N) is 1. The Bertz CT molecular complexity index is 551. The predicted molar refractivity (Wildman–Crippen MR) is 77.7 cm³/mol. The molecule has 0 atom stereocenters. The van der Waals surface area contributed by atoms with Crippen molar-refractivity contribution in [3.63, 3.8) is 0 Å². The van der Waals surface area contributed by atoms with Gasteiger partial charge in [-0.15, -0.1) is 0 Å². The fourth-order valence-electron chi connectivity index (χ4n) is 2.23.